The lowest BCUT2D eigenvalue weighted by Crippen LogP contribution is -2.68. The molecular weight excluding hydrogens is 336 g/mol. The van der Waals surface area contributed by atoms with Crippen molar-refractivity contribution in [2.24, 2.45) is 5.73 Å². The number of rotatable bonds is 7. The minimum atomic E-state index is -2.10. The molecule has 142 valence electrons. The second-order valence-corrected chi connectivity index (χ2v) is 5.61. The molecule has 1 rings (SSSR count). The zero-order valence-electron chi connectivity index (χ0n) is 14.0. The molecule has 0 aromatic rings. The van der Waals surface area contributed by atoms with Crippen molar-refractivity contribution in [3.8, 4) is 12.3 Å². The maximum absolute atomic E-state index is 12.2. The zero-order valence-corrected chi connectivity index (χ0v) is 14.0. The maximum Gasteiger partial charge on any atom is 0.366 e. The Kier molecular flexibility index (Phi) is 7.75. The van der Waals surface area contributed by atoms with Crippen molar-refractivity contribution in [1.82, 2.24) is 5.32 Å². The summed E-state index contributed by atoms with van der Waals surface area (Å²) in [6.07, 6.45) is -1.12. The van der Waals surface area contributed by atoms with Gasteiger partial charge in [0, 0.05) is 19.9 Å². The number of amides is 1. The van der Waals surface area contributed by atoms with Gasteiger partial charge in [-0.3, -0.25) is 4.79 Å². The van der Waals surface area contributed by atoms with Crippen molar-refractivity contribution < 1.29 is 39.1 Å². The molecule has 1 fully saturated rings. The molecule has 6 unspecified atom stereocenters. The number of esters is 1. The monoisotopic (exact) mass is 360 g/mol. The van der Waals surface area contributed by atoms with E-state index in [-0.39, 0.29) is 13.2 Å². The first kappa shape index (κ1) is 21.3. The number of hydrogen-bond acceptors (Lipinski definition) is 9. The lowest BCUT2D eigenvalue weighted by Gasteiger charge is -2.46. The minimum absolute atomic E-state index is 0.319. The van der Waals surface area contributed by atoms with Gasteiger partial charge in [0.05, 0.1) is 25.4 Å². The Labute approximate surface area is 145 Å². The fraction of sp³-hybridized carbons (Fsp3) is 0.733. The van der Waals surface area contributed by atoms with Crippen molar-refractivity contribution in [2.45, 2.75) is 49.6 Å². The third-order valence-corrected chi connectivity index (χ3v) is 3.80. The number of carbonyl (C=O) groups excluding carboxylic acids is 2. The van der Waals surface area contributed by atoms with Gasteiger partial charge >= 0.3 is 5.97 Å². The van der Waals surface area contributed by atoms with Gasteiger partial charge in [0.25, 0.3) is 5.79 Å². The predicted molar refractivity (Wildman–Crippen MR) is 83.7 cm³/mol. The van der Waals surface area contributed by atoms with Crippen LogP contribution in [-0.4, -0.2) is 83.7 Å². The first-order valence-electron chi connectivity index (χ1n) is 7.57. The van der Waals surface area contributed by atoms with E-state index >= 15 is 0 Å². The Hall–Kier alpha value is -1.74. The summed E-state index contributed by atoms with van der Waals surface area (Å²) in [5.41, 5.74) is 5.33. The number of carbonyl (C=O) groups is 2. The third kappa shape index (κ3) is 4.88. The van der Waals surface area contributed by atoms with E-state index < -0.39 is 54.5 Å². The molecule has 0 saturated carbocycles. The highest BCUT2D eigenvalue weighted by molar-refractivity contribution is 5.78. The maximum atomic E-state index is 12.2. The molecule has 25 heavy (non-hydrogen) atoms. The normalized spacial score (nSPS) is 31.5. The summed E-state index contributed by atoms with van der Waals surface area (Å²) in [6.45, 7) is 0.543. The number of aliphatic hydroxyl groups excluding tert-OH is 3. The van der Waals surface area contributed by atoms with Crippen molar-refractivity contribution in [3.05, 3.63) is 0 Å². The van der Waals surface area contributed by atoms with Gasteiger partial charge in [-0.2, -0.15) is 0 Å². The van der Waals surface area contributed by atoms with Crippen LogP contribution in [0.25, 0.3) is 0 Å². The van der Waals surface area contributed by atoms with E-state index in [1.165, 1.54) is 6.92 Å². The van der Waals surface area contributed by atoms with E-state index in [0.717, 1.165) is 7.11 Å². The molecule has 1 saturated heterocycles. The number of hydrogen-bond donors (Lipinski definition) is 5. The zero-order chi connectivity index (χ0) is 19.2. The topological polar surface area (TPSA) is 161 Å². The Balaban J connectivity index is 3.24. The van der Waals surface area contributed by atoms with Crippen LogP contribution in [0, 0.1) is 12.3 Å². The summed E-state index contributed by atoms with van der Waals surface area (Å²) in [4.78, 5) is 23.6. The Morgan fingerprint density at radius 2 is 2.16 bits per heavy atom. The Morgan fingerprint density at radius 3 is 2.64 bits per heavy atom. The van der Waals surface area contributed by atoms with Gasteiger partial charge < -0.3 is 40.6 Å². The molecule has 0 aromatic carbocycles. The molecular formula is C15H24N2O8. The van der Waals surface area contributed by atoms with E-state index in [4.69, 9.17) is 21.6 Å². The summed E-state index contributed by atoms with van der Waals surface area (Å²) in [5, 5.41) is 32.9. The molecule has 10 heteroatoms. The molecule has 0 spiro atoms. The van der Waals surface area contributed by atoms with E-state index in [1.807, 2.05) is 0 Å². The highest BCUT2D eigenvalue weighted by Crippen LogP contribution is 2.34. The minimum Gasteiger partial charge on any atom is -0.465 e. The van der Waals surface area contributed by atoms with Crippen LogP contribution in [0.3, 0.4) is 0 Å². The SMILES string of the molecule is C#CCOC1(C(=O)OC)CC(O)C(NC(C)=O)C(C(O)C(O)CN)O1. The molecule has 6 atom stereocenters. The van der Waals surface area contributed by atoms with Crippen LogP contribution in [0.1, 0.15) is 13.3 Å². The second-order valence-electron chi connectivity index (χ2n) is 5.61. The quantitative estimate of drug-likeness (QED) is 0.233. The highest BCUT2D eigenvalue weighted by atomic mass is 16.7. The molecule has 1 amide bonds. The number of nitrogens with one attached hydrogen (secondary N) is 1. The lowest BCUT2D eigenvalue weighted by molar-refractivity contribution is -0.308. The fourth-order valence-corrected chi connectivity index (χ4v) is 2.61. The highest BCUT2D eigenvalue weighted by Gasteiger charge is 2.56. The van der Waals surface area contributed by atoms with Gasteiger partial charge in [-0.1, -0.05) is 5.92 Å². The van der Waals surface area contributed by atoms with Crippen LogP contribution in [-0.2, 0) is 23.8 Å². The van der Waals surface area contributed by atoms with Crippen LogP contribution in [0.4, 0.5) is 0 Å². The largest absolute Gasteiger partial charge is 0.465 e. The van der Waals surface area contributed by atoms with Crippen LogP contribution >= 0.6 is 0 Å². The van der Waals surface area contributed by atoms with Crippen LogP contribution < -0.4 is 11.1 Å². The van der Waals surface area contributed by atoms with Gasteiger partial charge in [0.1, 0.15) is 18.8 Å². The van der Waals surface area contributed by atoms with Gasteiger partial charge in [-0.05, 0) is 0 Å². The lowest BCUT2D eigenvalue weighted by atomic mass is 9.88. The van der Waals surface area contributed by atoms with Crippen LogP contribution in [0.2, 0.25) is 0 Å². The smallest absolute Gasteiger partial charge is 0.366 e. The number of methoxy groups -OCH3 is 1. The second kappa shape index (κ2) is 9.10. The number of ether oxygens (including phenoxy) is 3. The van der Waals surface area contributed by atoms with Gasteiger partial charge in [-0.25, -0.2) is 4.79 Å². The first-order valence-corrected chi connectivity index (χ1v) is 7.57. The molecule has 0 aromatic heterocycles. The van der Waals surface area contributed by atoms with Crippen molar-refractivity contribution >= 4 is 11.9 Å². The number of terminal acetylenes is 1. The first-order chi connectivity index (χ1) is 11.7. The average Bonchev–Trinajstić information content (AvgIpc) is 2.59. The average molecular weight is 360 g/mol. The van der Waals surface area contributed by atoms with Gasteiger partial charge in [0.15, 0.2) is 0 Å². The standard InChI is InChI=1S/C15H24N2O8/c1-4-5-24-15(14(22)23-3)6-9(19)11(17-8(2)18)13(25-15)12(21)10(20)7-16/h1,9-13,19-21H,5-7,16H2,2-3H3,(H,17,18). The van der Waals surface area contributed by atoms with Crippen molar-refractivity contribution in [2.75, 3.05) is 20.3 Å². The Bertz CT molecular complexity index is 522. The molecule has 0 bridgehead atoms. The fourth-order valence-electron chi connectivity index (χ4n) is 2.61. The summed E-state index contributed by atoms with van der Waals surface area (Å²) >= 11 is 0. The van der Waals surface area contributed by atoms with Crippen molar-refractivity contribution in [1.29, 1.82) is 0 Å². The third-order valence-electron chi connectivity index (χ3n) is 3.80. The number of aliphatic hydroxyl groups is 3. The molecule has 1 aliphatic heterocycles. The molecule has 0 radical (unpaired) electrons. The summed E-state index contributed by atoms with van der Waals surface area (Å²) in [6, 6.07) is -1.12. The van der Waals surface area contributed by atoms with Gasteiger partial charge in [0.2, 0.25) is 5.91 Å². The van der Waals surface area contributed by atoms with Crippen molar-refractivity contribution in [3.63, 3.8) is 0 Å². The summed E-state index contributed by atoms with van der Waals surface area (Å²) in [5.74, 6) is -1.44. The molecule has 6 N–H and O–H groups in total. The van der Waals surface area contributed by atoms with E-state index in [9.17, 15) is 24.9 Å². The summed E-state index contributed by atoms with van der Waals surface area (Å²) in [7, 11) is 1.08. The van der Waals surface area contributed by atoms with Crippen LogP contribution in [0.15, 0.2) is 0 Å². The molecule has 1 aliphatic rings. The molecule has 10 nitrogen and oxygen atoms in total. The predicted octanol–water partition coefficient (Wildman–Crippen LogP) is -3.16. The Morgan fingerprint density at radius 1 is 1.52 bits per heavy atom. The molecule has 1 heterocycles. The van der Waals surface area contributed by atoms with E-state index in [1.54, 1.807) is 0 Å². The molecule has 0 aliphatic carbocycles. The summed E-state index contributed by atoms with van der Waals surface area (Å²) < 4.78 is 15.5. The van der Waals surface area contributed by atoms with E-state index in [2.05, 4.69) is 16.0 Å². The van der Waals surface area contributed by atoms with Crippen LogP contribution in [0.5, 0.6) is 0 Å². The van der Waals surface area contributed by atoms with Gasteiger partial charge in [-0.15, -0.1) is 6.42 Å². The van der Waals surface area contributed by atoms with E-state index in [0.29, 0.717) is 0 Å². The number of nitrogens with two attached hydrogens (primary N) is 1.